The highest BCUT2D eigenvalue weighted by atomic mass is 79.9. The highest BCUT2D eigenvalue weighted by Crippen LogP contribution is 2.30. The molecule has 2 amide bonds. The summed E-state index contributed by atoms with van der Waals surface area (Å²) in [4.78, 5) is 50.4. The fourth-order valence-electron chi connectivity index (χ4n) is 9.53. The number of esters is 1. The van der Waals surface area contributed by atoms with Crippen LogP contribution >= 0.6 is 31.9 Å². The second-order valence-corrected chi connectivity index (χ2v) is 22.6. The van der Waals surface area contributed by atoms with E-state index in [-0.39, 0.29) is 35.4 Å². The zero-order chi connectivity index (χ0) is 56.8. The number of carbonyl (C=O) groups is 4. The molecule has 8 aromatic carbocycles. The Balaban J connectivity index is 0.000000195. The first-order valence-electron chi connectivity index (χ1n) is 26.2. The number of aryl methyl sites for hydroxylation is 2. The summed E-state index contributed by atoms with van der Waals surface area (Å²) >= 11 is 6.89. The van der Waals surface area contributed by atoms with Gasteiger partial charge >= 0.3 is 11.9 Å². The molecule has 12 nitrogen and oxygen atoms in total. The van der Waals surface area contributed by atoms with Gasteiger partial charge in [-0.05, 0) is 166 Å². The summed E-state index contributed by atoms with van der Waals surface area (Å²) in [5.74, 6) is -1.54. The van der Waals surface area contributed by atoms with Crippen LogP contribution in [0.5, 0.6) is 0 Å². The second kappa shape index (κ2) is 24.3. The first-order valence-corrected chi connectivity index (χ1v) is 27.8. The highest BCUT2D eigenvalue weighted by Gasteiger charge is 2.22. The van der Waals surface area contributed by atoms with Crippen molar-refractivity contribution in [3.05, 3.63) is 247 Å². The number of carboxylic acid groups (broad SMARTS) is 1. The minimum Gasteiger partial charge on any atom is -0.478 e. The van der Waals surface area contributed by atoms with Gasteiger partial charge in [-0.2, -0.15) is 10.2 Å². The topological polar surface area (TPSA) is 157 Å². The smallest absolute Gasteiger partial charge is 0.339 e. The average Bonchev–Trinajstić information content (AvgIpc) is 3.94. The van der Waals surface area contributed by atoms with Crippen LogP contribution in [-0.4, -0.2) is 54.0 Å². The van der Waals surface area contributed by atoms with Crippen LogP contribution in [0, 0.1) is 13.8 Å². The molecule has 0 saturated carbocycles. The van der Waals surface area contributed by atoms with Crippen molar-refractivity contribution < 1.29 is 29.0 Å². The van der Waals surface area contributed by atoms with Crippen LogP contribution in [0.4, 0.5) is 0 Å². The number of nitrogens with one attached hydrogen (secondary N) is 2. The van der Waals surface area contributed by atoms with Crippen LogP contribution < -0.4 is 10.6 Å². The van der Waals surface area contributed by atoms with E-state index in [1.165, 1.54) is 0 Å². The third-order valence-electron chi connectivity index (χ3n) is 13.7. The Morgan fingerprint density at radius 2 is 0.925 bits per heavy atom. The minimum absolute atomic E-state index is 0.121. The Bertz CT molecular complexity index is 3900. The van der Waals surface area contributed by atoms with Gasteiger partial charge in [-0.15, -0.1) is 0 Å². The lowest BCUT2D eigenvalue weighted by Gasteiger charge is -2.20. The average molecular weight is 1190 g/mol. The molecule has 0 aliphatic rings. The lowest BCUT2D eigenvalue weighted by atomic mass is 9.98. The summed E-state index contributed by atoms with van der Waals surface area (Å²) in [6.07, 6.45) is 0. The van der Waals surface area contributed by atoms with Gasteiger partial charge in [0.2, 0.25) is 0 Å². The number of carbonyl (C=O) groups excluding carboxylic acids is 3. The molecule has 14 heteroatoms. The zero-order valence-corrected chi connectivity index (χ0v) is 48.6. The van der Waals surface area contributed by atoms with Gasteiger partial charge in [0, 0.05) is 30.8 Å². The molecular formula is C66H60Br2N6O6. The number of hydrogen-bond donors (Lipinski definition) is 3. The summed E-state index contributed by atoms with van der Waals surface area (Å²) in [5, 5.41) is 27.0. The van der Waals surface area contributed by atoms with E-state index in [1.54, 1.807) is 18.2 Å². The van der Waals surface area contributed by atoms with Crippen LogP contribution in [0.2, 0.25) is 0 Å². The number of ether oxygens (including phenoxy) is 1. The second-order valence-electron chi connectivity index (χ2n) is 20.7. The maximum absolute atomic E-state index is 13.1. The third kappa shape index (κ3) is 13.3. The van der Waals surface area contributed by atoms with Crippen molar-refractivity contribution in [2.24, 2.45) is 0 Å². The Hall–Kier alpha value is -8.46. The highest BCUT2D eigenvalue weighted by molar-refractivity contribution is 9.10. The Kier molecular flexibility index (Phi) is 17.1. The van der Waals surface area contributed by atoms with Crippen LogP contribution in [0.3, 0.4) is 0 Å². The van der Waals surface area contributed by atoms with Gasteiger partial charge in [-0.1, -0.05) is 141 Å². The molecule has 3 N–H and O–H groups in total. The fraction of sp³-hybridized carbons (Fsp3) is 0.182. The molecule has 0 spiro atoms. The Labute approximate surface area is 482 Å². The first-order chi connectivity index (χ1) is 38.3. The lowest BCUT2D eigenvalue weighted by Crippen LogP contribution is -2.26. The molecular weight excluding hydrogens is 1130 g/mol. The molecule has 0 bridgehead atoms. The monoisotopic (exact) mass is 1190 g/mol. The molecule has 0 radical (unpaired) electrons. The normalized spacial score (nSPS) is 12.1. The molecule has 10 aromatic rings. The number of aromatic carboxylic acids is 1. The van der Waals surface area contributed by atoms with Crippen molar-refractivity contribution in [3.63, 3.8) is 0 Å². The molecule has 0 aliphatic heterocycles. The number of fused-ring (bicyclic) bond motifs is 2. The summed E-state index contributed by atoms with van der Waals surface area (Å²) < 4.78 is 11.5. The van der Waals surface area contributed by atoms with Crippen molar-refractivity contribution in [2.45, 2.75) is 79.2 Å². The standard InChI is InChI=1S/C35H34BrN3O3.C31H26BrN3O3/c1-22(25-14-17-28(36)18-15-25)37-33(40)27-16-19-32-31(20-27)23(2)38-39(32)21-24-10-12-26(13-11-24)29-8-6-7-9-30(29)34(41)42-35(3,4)5;1-19(22-11-14-25(32)15-12-22)33-30(36)24-13-16-29-28(17-24)20(2)34-35(29)18-21-7-9-23(10-8-21)26-5-3-4-6-27(26)31(37)38/h6-20,22H,21H2,1-5H3,(H,37,40);3-17,19H,18H2,1-2H3,(H,33,36)(H,37,38)/t22-;19-/m00/s1. The largest absolute Gasteiger partial charge is 0.478 e. The summed E-state index contributed by atoms with van der Waals surface area (Å²) in [6, 6.07) is 57.5. The van der Waals surface area contributed by atoms with Gasteiger partial charge in [-0.3, -0.25) is 19.0 Å². The first kappa shape index (κ1) is 56.3. The van der Waals surface area contributed by atoms with E-state index in [0.29, 0.717) is 35.3 Å². The number of carboxylic acids is 1. The molecule has 2 atom stereocenters. The predicted molar refractivity (Wildman–Crippen MR) is 323 cm³/mol. The van der Waals surface area contributed by atoms with Crippen molar-refractivity contribution in [3.8, 4) is 22.3 Å². The molecule has 0 unspecified atom stereocenters. The minimum atomic E-state index is -0.945. The number of aromatic nitrogens is 4. The van der Waals surface area contributed by atoms with Crippen LogP contribution in [0.15, 0.2) is 191 Å². The van der Waals surface area contributed by atoms with E-state index in [9.17, 15) is 24.3 Å². The number of rotatable bonds is 14. The van der Waals surface area contributed by atoms with Crippen LogP contribution in [0.1, 0.15) is 122 Å². The summed E-state index contributed by atoms with van der Waals surface area (Å²) in [7, 11) is 0. The summed E-state index contributed by atoms with van der Waals surface area (Å²) in [6.45, 7) is 14.6. The van der Waals surface area contributed by atoms with Gasteiger partial charge in [-0.25, -0.2) is 9.59 Å². The number of halogens is 2. The van der Waals surface area contributed by atoms with E-state index < -0.39 is 11.6 Å². The molecule has 2 heterocycles. The van der Waals surface area contributed by atoms with Gasteiger partial charge in [0.15, 0.2) is 0 Å². The van der Waals surface area contributed by atoms with Crippen LogP contribution in [-0.2, 0) is 17.8 Å². The molecule has 404 valence electrons. The predicted octanol–water partition coefficient (Wildman–Crippen LogP) is 15.3. The zero-order valence-electron chi connectivity index (χ0n) is 45.4. The molecule has 80 heavy (non-hydrogen) atoms. The molecule has 2 aromatic heterocycles. The number of benzene rings is 8. The van der Waals surface area contributed by atoms with Crippen LogP contribution in [0.25, 0.3) is 44.1 Å². The van der Waals surface area contributed by atoms with Crippen molar-refractivity contribution >= 4 is 77.4 Å². The van der Waals surface area contributed by atoms with E-state index in [2.05, 4.69) is 54.6 Å². The molecule has 0 aliphatic carbocycles. The van der Waals surface area contributed by atoms with Crippen molar-refractivity contribution in [1.82, 2.24) is 30.2 Å². The van der Waals surface area contributed by atoms with Gasteiger partial charge in [0.1, 0.15) is 5.60 Å². The third-order valence-corrected chi connectivity index (χ3v) is 14.8. The van der Waals surface area contributed by atoms with E-state index in [0.717, 1.165) is 81.1 Å². The van der Waals surface area contributed by atoms with E-state index in [4.69, 9.17) is 14.9 Å². The summed E-state index contributed by atoms with van der Waals surface area (Å²) in [5.41, 5.74) is 12.5. The molecule has 10 rings (SSSR count). The van der Waals surface area contributed by atoms with Gasteiger partial charge in [0.25, 0.3) is 11.8 Å². The van der Waals surface area contributed by atoms with Gasteiger partial charge < -0.3 is 20.5 Å². The maximum atomic E-state index is 13.1. The van der Waals surface area contributed by atoms with E-state index >= 15 is 0 Å². The molecule has 0 fully saturated rings. The molecule has 0 saturated heterocycles. The number of nitrogens with zero attached hydrogens (tertiary/aromatic N) is 4. The SMILES string of the molecule is Cc1nn(Cc2ccc(-c3ccccc3C(=O)O)cc2)c2ccc(C(=O)N[C@@H](C)c3ccc(Br)cc3)cc12.Cc1nn(Cc2ccc(-c3ccccc3C(=O)OC(C)(C)C)cc2)c2ccc(C(=O)N[C@@H](C)c3ccc(Br)cc3)cc12. The lowest BCUT2D eigenvalue weighted by molar-refractivity contribution is 0.00699. The van der Waals surface area contributed by atoms with E-state index in [1.807, 2.05) is 209 Å². The number of amides is 2. The van der Waals surface area contributed by atoms with Crippen molar-refractivity contribution in [1.29, 1.82) is 0 Å². The Morgan fingerprint density at radius 1 is 0.537 bits per heavy atom. The number of hydrogen-bond acceptors (Lipinski definition) is 7. The van der Waals surface area contributed by atoms with Gasteiger partial charge in [0.05, 0.1) is 58.7 Å². The fourth-order valence-corrected chi connectivity index (χ4v) is 10.1. The van der Waals surface area contributed by atoms with Crippen molar-refractivity contribution in [2.75, 3.05) is 0 Å². The quantitative estimate of drug-likeness (QED) is 0.0908. The Morgan fingerprint density at radius 3 is 1.32 bits per heavy atom. The maximum Gasteiger partial charge on any atom is 0.339 e.